The van der Waals surface area contributed by atoms with Crippen LogP contribution in [0.2, 0.25) is 0 Å². The molecular formula is C15H19NO4. The van der Waals surface area contributed by atoms with E-state index in [4.69, 9.17) is 5.11 Å². The number of amides is 1. The number of benzene rings is 1. The van der Waals surface area contributed by atoms with Gasteiger partial charge in [0, 0.05) is 5.92 Å². The van der Waals surface area contributed by atoms with E-state index >= 15 is 0 Å². The summed E-state index contributed by atoms with van der Waals surface area (Å²) in [5.74, 6) is -1.39. The van der Waals surface area contributed by atoms with Gasteiger partial charge in [0.1, 0.15) is 5.75 Å². The standard InChI is InChI=1S/C15H19NO4/c1-9(10-3-2-4-13(17)8-10)16-14(18)11-5-6-12(7-11)15(19)20/h2-4,8-9,11-12,17H,5-7H2,1H3,(H,16,18)(H,19,20). The van der Waals surface area contributed by atoms with E-state index < -0.39 is 11.9 Å². The van der Waals surface area contributed by atoms with Gasteiger partial charge in [-0.15, -0.1) is 0 Å². The number of carboxylic acid groups (broad SMARTS) is 1. The van der Waals surface area contributed by atoms with Crippen LogP contribution in [-0.4, -0.2) is 22.1 Å². The molecule has 2 rings (SSSR count). The molecule has 3 unspecified atom stereocenters. The Morgan fingerprint density at radius 1 is 1.30 bits per heavy atom. The molecule has 3 atom stereocenters. The summed E-state index contributed by atoms with van der Waals surface area (Å²) in [4.78, 5) is 23.0. The second-order valence-corrected chi connectivity index (χ2v) is 5.37. The molecule has 1 aromatic rings. The van der Waals surface area contributed by atoms with Crippen molar-refractivity contribution in [1.29, 1.82) is 0 Å². The third-order valence-electron chi connectivity index (χ3n) is 3.88. The first kappa shape index (κ1) is 14.4. The van der Waals surface area contributed by atoms with Gasteiger partial charge in [-0.1, -0.05) is 12.1 Å². The number of hydrogen-bond donors (Lipinski definition) is 3. The Kier molecular flexibility index (Phi) is 4.27. The summed E-state index contributed by atoms with van der Waals surface area (Å²) in [7, 11) is 0. The highest BCUT2D eigenvalue weighted by molar-refractivity contribution is 5.81. The number of phenols is 1. The number of aromatic hydroxyl groups is 1. The second kappa shape index (κ2) is 5.94. The molecule has 0 radical (unpaired) electrons. The highest BCUT2D eigenvalue weighted by Gasteiger charge is 2.34. The number of carbonyl (C=O) groups is 2. The summed E-state index contributed by atoms with van der Waals surface area (Å²) in [6.45, 7) is 1.84. The fourth-order valence-electron chi connectivity index (χ4n) is 2.65. The van der Waals surface area contributed by atoms with Crippen molar-refractivity contribution in [3.63, 3.8) is 0 Å². The number of hydrogen-bond acceptors (Lipinski definition) is 3. The molecule has 0 aromatic heterocycles. The lowest BCUT2D eigenvalue weighted by Crippen LogP contribution is -2.32. The van der Waals surface area contributed by atoms with Gasteiger partial charge in [-0.3, -0.25) is 9.59 Å². The van der Waals surface area contributed by atoms with Gasteiger partial charge >= 0.3 is 5.97 Å². The van der Waals surface area contributed by atoms with E-state index in [0.717, 1.165) is 5.56 Å². The van der Waals surface area contributed by atoms with Gasteiger partial charge in [-0.25, -0.2) is 0 Å². The summed E-state index contributed by atoms with van der Waals surface area (Å²) in [6.07, 6.45) is 1.59. The van der Waals surface area contributed by atoms with Gasteiger partial charge in [0.25, 0.3) is 0 Å². The molecule has 0 spiro atoms. The first-order chi connectivity index (χ1) is 9.47. The Morgan fingerprint density at radius 2 is 2.00 bits per heavy atom. The Labute approximate surface area is 117 Å². The van der Waals surface area contributed by atoms with E-state index in [1.807, 2.05) is 13.0 Å². The van der Waals surface area contributed by atoms with Crippen LogP contribution in [0, 0.1) is 11.8 Å². The molecule has 1 aliphatic rings. The molecule has 3 N–H and O–H groups in total. The molecule has 1 saturated carbocycles. The van der Waals surface area contributed by atoms with E-state index in [1.54, 1.807) is 18.2 Å². The van der Waals surface area contributed by atoms with Gasteiger partial charge in [0.15, 0.2) is 0 Å². The number of carbonyl (C=O) groups excluding carboxylic acids is 1. The zero-order valence-corrected chi connectivity index (χ0v) is 11.4. The number of aliphatic carboxylic acids is 1. The summed E-state index contributed by atoms with van der Waals surface area (Å²) in [6, 6.07) is 6.54. The van der Waals surface area contributed by atoms with E-state index in [9.17, 15) is 14.7 Å². The minimum atomic E-state index is -0.818. The number of rotatable bonds is 4. The number of phenolic OH excluding ortho intramolecular Hbond substituents is 1. The predicted octanol–water partition coefficient (Wildman–Crippen LogP) is 2.07. The van der Waals surface area contributed by atoms with Crippen LogP contribution in [0.4, 0.5) is 0 Å². The van der Waals surface area contributed by atoms with Crippen molar-refractivity contribution < 1.29 is 19.8 Å². The molecule has 1 aliphatic carbocycles. The third kappa shape index (κ3) is 3.29. The van der Waals surface area contributed by atoms with Crippen LogP contribution in [-0.2, 0) is 9.59 Å². The van der Waals surface area contributed by atoms with Crippen LogP contribution in [0.3, 0.4) is 0 Å². The van der Waals surface area contributed by atoms with Crippen molar-refractivity contribution in [3.8, 4) is 5.75 Å². The molecule has 5 nitrogen and oxygen atoms in total. The average Bonchev–Trinajstić information content (AvgIpc) is 2.88. The van der Waals surface area contributed by atoms with Crippen LogP contribution in [0.15, 0.2) is 24.3 Å². The fourth-order valence-corrected chi connectivity index (χ4v) is 2.65. The Bertz CT molecular complexity index is 514. The van der Waals surface area contributed by atoms with Crippen molar-refractivity contribution in [1.82, 2.24) is 5.32 Å². The van der Waals surface area contributed by atoms with Crippen molar-refractivity contribution in [2.24, 2.45) is 11.8 Å². The van der Waals surface area contributed by atoms with Crippen molar-refractivity contribution in [3.05, 3.63) is 29.8 Å². The van der Waals surface area contributed by atoms with Crippen LogP contribution < -0.4 is 5.32 Å². The van der Waals surface area contributed by atoms with Gasteiger partial charge < -0.3 is 15.5 Å². The Hall–Kier alpha value is -2.04. The minimum absolute atomic E-state index is 0.107. The lowest BCUT2D eigenvalue weighted by Gasteiger charge is -2.17. The summed E-state index contributed by atoms with van der Waals surface area (Å²) < 4.78 is 0. The topological polar surface area (TPSA) is 86.6 Å². The maximum absolute atomic E-state index is 12.1. The summed E-state index contributed by atoms with van der Waals surface area (Å²) in [5, 5.41) is 21.3. The minimum Gasteiger partial charge on any atom is -0.508 e. The zero-order chi connectivity index (χ0) is 14.7. The monoisotopic (exact) mass is 277 g/mol. The molecule has 5 heteroatoms. The molecule has 1 aromatic carbocycles. The van der Waals surface area contributed by atoms with Crippen LogP contribution in [0.5, 0.6) is 5.75 Å². The molecule has 0 saturated heterocycles. The van der Waals surface area contributed by atoms with E-state index in [1.165, 1.54) is 0 Å². The van der Waals surface area contributed by atoms with Crippen LogP contribution in [0.25, 0.3) is 0 Å². The van der Waals surface area contributed by atoms with Crippen molar-refractivity contribution in [2.75, 3.05) is 0 Å². The predicted molar refractivity (Wildman–Crippen MR) is 73.1 cm³/mol. The normalized spacial score (nSPS) is 23.2. The molecule has 20 heavy (non-hydrogen) atoms. The maximum atomic E-state index is 12.1. The van der Waals surface area contributed by atoms with Gasteiger partial charge in [-0.2, -0.15) is 0 Å². The van der Waals surface area contributed by atoms with Gasteiger partial charge in [0.05, 0.1) is 12.0 Å². The second-order valence-electron chi connectivity index (χ2n) is 5.37. The van der Waals surface area contributed by atoms with Crippen LogP contribution in [0.1, 0.15) is 37.8 Å². The summed E-state index contributed by atoms with van der Waals surface area (Å²) >= 11 is 0. The molecule has 1 amide bonds. The Balaban J connectivity index is 1.93. The highest BCUT2D eigenvalue weighted by Crippen LogP contribution is 2.31. The highest BCUT2D eigenvalue weighted by atomic mass is 16.4. The average molecular weight is 277 g/mol. The molecule has 108 valence electrons. The van der Waals surface area contributed by atoms with Gasteiger partial charge in [-0.05, 0) is 43.9 Å². The van der Waals surface area contributed by atoms with E-state index in [-0.39, 0.29) is 23.6 Å². The quantitative estimate of drug-likeness (QED) is 0.786. The number of carboxylic acids is 1. The van der Waals surface area contributed by atoms with E-state index in [2.05, 4.69) is 5.32 Å². The lowest BCUT2D eigenvalue weighted by molar-refractivity contribution is -0.141. The SMILES string of the molecule is CC(NC(=O)C1CCC(C(=O)O)C1)c1cccc(O)c1. The smallest absolute Gasteiger partial charge is 0.306 e. The third-order valence-corrected chi connectivity index (χ3v) is 3.88. The molecular weight excluding hydrogens is 258 g/mol. The molecule has 0 aliphatic heterocycles. The zero-order valence-electron chi connectivity index (χ0n) is 11.4. The largest absolute Gasteiger partial charge is 0.508 e. The molecule has 0 bridgehead atoms. The van der Waals surface area contributed by atoms with E-state index in [0.29, 0.717) is 19.3 Å². The van der Waals surface area contributed by atoms with Crippen molar-refractivity contribution >= 4 is 11.9 Å². The van der Waals surface area contributed by atoms with Crippen LogP contribution >= 0.6 is 0 Å². The Morgan fingerprint density at radius 3 is 2.60 bits per heavy atom. The molecule has 1 fully saturated rings. The first-order valence-electron chi connectivity index (χ1n) is 6.79. The first-order valence-corrected chi connectivity index (χ1v) is 6.79. The van der Waals surface area contributed by atoms with Crippen molar-refractivity contribution in [2.45, 2.75) is 32.2 Å². The maximum Gasteiger partial charge on any atom is 0.306 e. The molecule has 0 heterocycles. The fraction of sp³-hybridized carbons (Fsp3) is 0.467. The number of nitrogens with one attached hydrogen (secondary N) is 1. The van der Waals surface area contributed by atoms with Gasteiger partial charge in [0.2, 0.25) is 5.91 Å². The lowest BCUT2D eigenvalue weighted by atomic mass is 10.0. The summed E-state index contributed by atoms with van der Waals surface area (Å²) in [5.41, 5.74) is 0.825.